The summed E-state index contributed by atoms with van der Waals surface area (Å²) >= 11 is 0. The number of aromatic nitrogens is 1. The molecule has 1 aliphatic heterocycles. The monoisotopic (exact) mass is 313 g/mol. The zero-order chi connectivity index (χ0) is 16.7. The number of nitrogens with one attached hydrogen (secondary N) is 2. The zero-order valence-electron chi connectivity index (χ0n) is 14.0. The van der Waals surface area contributed by atoms with E-state index in [4.69, 9.17) is 0 Å². The van der Waals surface area contributed by atoms with E-state index in [1.807, 2.05) is 32.0 Å². The van der Waals surface area contributed by atoms with Crippen molar-refractivity contribution in [2.75, 3.05) is 7.05 Å². The number of likely N-dealkylation sites (N-methyl/N-ethyl adjacent to an activating group) is 1. The van der Waals surface area contributed by atoms with Gasteiger partial charge in [-0.1, -0.05) is 18.2 Å². The Bertz CT molecular complexity index is 765. The first-order valence-corrected chi connectivity index (χ1v) is 8.05. The highest BCUT2D eigenvalue weighted by atomic mass is 16.2. The van der Waals surface area contributed by atoms with Gasteiger partial charge >= 0.3 is 0 Å². The van der Waals surface area contributed by atoms with Crippen LogP contribution in [0.4, 0.5) is 0 Å². The quantitative estimate of drug-likeness (QED) is 0.913. The van der Waals surface area contributed by atoms with Gasteiger partial charge in [-0.15, -0.1) is 0 Å². The lowest BCUT2D eigenvalue weighted by Crippen LogP contribution is -2.54. The van der Waals surface area contributed by atoms with E-state index in [2.05, 4.69) is 16.4 Å². The third-order valence-electron chi connectivity index (χ3n) is 4.94. The van der Waals surface area contributed by atoms with Crippen LogP contribution in [0.5, 0.6) is 0 Å². The van der Waals surface area contributed by atoms with Gasteiger partial charge in [-0.25, -0.2) is 0 Å². The number of rotatable bonds is 3. The molecular weight excluding hydrogens is 290 g/mol. The van der Waals surface area contributed by atoms with E-state index >= 15 is 0 Å². The van der Waals surface area contributed by atoms with Crippen molar-refractivity contribution in [1.82, 2.24) is 15.2 Å². The number of ketones is 1. The molecule has 0 fully saturated rings. The molecule has 3 rings (SSSR count). The lowest BCUT2D eigenvalue weighted by atomic mass is 9.90. The summed E-state index contributed by atoms with van der Waals surface area (Å²) in [7, 11) is 1.76. The summed E-state index contributed by atoms with van der Waals surface area (Å²) in [6, 6.07) is 7.23. The molecule has 122 valence electrons. The number of hydrogen-bond acceptors (Lipinski definition) is 3. The Morgan fingerprint density at radius 1 is 1.35 bits per heavy atom. The Hall–Kier alpha value is -2.14. The molecule has 3 unspecified atom stereocenters. The second kappa shape index (κ2) is 5.81. The normalized spacial score (nSPS) is 22.0. The summed E-state index contributed by atoms with van der Waals surface area (Å²) in [6.07, 6.45) is 0.571. The SMILES string of the molecule is CNC(C)C(=O)N1C(C(C)=O)Cc2c([nH]c3ccccc23)C1C. The molecule has 1 amide bonds. The molecule has 0 aliphatic carbocycles. The van der Waals surface area contributed by atoms with Gasteiger partial charge in [0.25, 0.3) is 0 Å². The summed E-state index contributed by atoms with van der Waals surface area (Å²) in [5.41, 5.74) is 3.26. The van der Waals surface area contributed by atoms with Crippen LogP contribution in [0.3, 0.4) is 0 Å². The number of carbonyl (C=O) groups is 2. The maximum absolute atomic E-state index is 12.8. The third-order valence-corrected chi connectivity index (χ3v) is 4.94. The van der Waals surface area contributed by atoms with Crippen molar-refractivity contribution < 1.29 is 9.59 Å². The van der Waals surface area contributed by atoms with Crippen LogP contribution >= 0.6 is 0 Å². The predicted octanol–water partition coefficient (Wildman–Crippen LogP) is 2.18. The molecule has 2 N–H and O–H groups in total. The molecule has 0 spiro atoms. The molecular formula is C18H23N3O2. The first-order chi connectivity index (χ1) is 11.0. The van der Waals surface area contributed by atoms with Gasteiger partial charge in [0.1, 0.15) is 0 Å². The molecule has 0 saturated heterocycles. The average molecular weight is 313 g/mol. The van der Waals surface area contributed by atoms with E-state index in [9.17, 15) is 9.59 Å². The fourth-order valence-electron chi connectivity index (χ4n) is 3.53. The van der Waals surface area contributed by atoms with Crippen molar-refractivity contribution in [3.05, 3.63) is 35.5 Å². The molecule has 23 heavy (non-hydrogen) atoms. The molecule has 1 aromatic carbocycles. The maximum Gasteiger partial charge on any atom is 0.240 e. The highest BCUT2D eigenvalue weighted by Crippen LogP contribution is 2.37. The van der Waals surface area contributed by atoms with Crippen LogP contribution in [0.1, 0.15) is 38.1 Å². The lowest BCUT2D eigenvalue weighted by molar-refractivity contribution is -0.143. The Labute approximate surface area is 136 Å². The van der Waals surface area contributed by atoms with Crippen molar-refractivity contribution in [1.29, 1.82) is 0 Å². The Morgan fingerprint density at radius 3 is 2.70 bits per heavy atom. The van der Waals surface area contributed by atoms with E-state index < -0.39 is 6.04 Å². The van der Waals surface area contributed by atoms with Crippen LogP contribution in [0.2, 0.25) is 0 Å². The van der Waals surface area contributed by atoms with Crippen molar-refractivity contribution in [2.45, 2.75) is 45.3 Å². The fourth-order valence-corrected chi connectivity index (χ4v) is 3.53. The fraction of sp³-hybridized carbons (Fsp3) is 0.444. The van der Waals surface area contributed by atoms with Crippen LogP contribution in [-0.2, 0) is 16.0 Å². The predicted molar refractivity (Wildman–Crippen MR) is 90.3 cm³/mol. The number of para-hydroxylation sites is 1. The van der Waals surface area contributed by atoms with Crippen molar-refractivity contribution in [3.8, 4) is 0 Å². The molecule has 1 aromatic heterocycles. The lowest BCUT2D eigenvalue weighted by Gasteiger charge is -2.40. The minimum Gasteiger partial charge on any atom is -0.356 e. The standard InChI is InChI=1S/C18H23N3O2/c1-10(19-4)18(23)21-11(2)17-14(9-16(21)12(3)22)13-7-5-6-8-15(13)20-17/h5-8,10-11,16,19-20H,9H2,1-4H3. The topological polar surface area (TPSA) is 65.2 Å². The Morgan fingerprint density at radius 2 is 2.04 bits per heavy atom. The number of aromatic amines is 1. The van der Waals surface area contributed by atoms with Gasteiger partial charge < -0.3 is 15.2 Å². The Kier molecular flexibility index (Phi) is 3.98. The molecule has 0 radical (unpaired) electrons. The first kappa shape index (κ1) is 15.7. The summed E-state index contributed by atoms with van der Waals surface area (Å²) in [4.78, 5) is 30.2. The number of carbonyl (C=O) groups excluding carboxylic acids is 2. The smallest absolute Gasteiger partial charge is 0.240 e. The molecule has 2 aromatic rings. The van der Waals surface area contributed by atoms with E-state index in [1.165, 1.54) is 0 Å². The summed E-state index contributed by atoms with van der Waals surface area (Å²) in [5.74, 6) is -0.00561. The van der Waals surface area contributed by atoms with Crippen LogP contribution in [0.15, 0.2) is 24.3 Å². The largest absolute Gasteiger partial charge is 0.356 e. The van der Waals surface area contributed by atoms with E-state index in [1.54, 1.807) is 18.9 Å². The van der Waals surface area contributed by atoms with E-state index in [-0.39, 0.29) is 23.8 Å². The number of hydrogen-bond donors (Lipinski definition) is 2. The van der Waals surface area contributed by atoms with Crippen molar-refractivity contribution in [2.24, 2.45) is 0 Å². The van der Waals surface area contributed by atoms with Crippen molar-refractivity contribution >= 4 is 22.6 Å². The Balaban J connectivity index is 2.11. The molecule has 5 heteroatoms. The van der Waals surface area contributed by atoms with Gasteiger partial charge in [-0.2, -0.15) is 0 Å². The third kappa shape index (κ3) is 2.45. The summed E-state index contributed by atoms with van der Waals surface area (Å²) in [6.45, 7) is 5.39. The van der Waals surface area contributed by atoms with E-state index in [0.717, 1.165) is 22.2 Å². The van der Waals surface area contributed by atoms with Gasteiger partial charge in [-0.05, 0) is 39.4 Å². The molecule has 3 atom stereocenters. The molecule has 5 nitrogen and oxygen atoms in total. The second-order valence-electron chi connectivity index (χ2n) is 6.33. The minimum absolute atomic E-state index is 0.0319. The van der Waals surface area contributed by atoms with Crippen LogP contribution < -0.4 is 5.32 Å². The first-order valence-electron chi connectivity index (χ1n) is 8.05. The summed E-state index contributed by atoms with van der Waals surface area (Å²) < 4.78 is 0. The number of benzene rings is 1. The van der Waals surface area contributed by atoms with Crippen LogP contribution in [0, 0.1) is 0 Å². The van der Waals surface area contributed by atoms with Crippen molar-refractivity contribution in [3.63, 3.8) is 0 Å². The van der Waals surface area contributed by atoms with Gasteiger partial charge in [0.2, 0.25) is 5.91 Å². The zero-order valence-corrected chi connectivity index (χ0v) is 14.0. The minimum atomic E-state index is -0.403. The average Bonchev–Trinajstić information content (AvgIpc) is 2.92. The number of H-pyrrole nitrogens is 1. The second-order valence-corrected chi connectivity index (χ2v) is 6.33. The molecule has 2 heterocycles. The van der Waals surface area contributed by atoms with Gasteiger partial charge in [-0.3, -0.25) is 9.59 Å². The van der Waals surface area contributed by atoms with Crippen LogP contribution in [-0.4, -0.2) is 40.7 Å². The molecule has 1 aliphatic rings. The number of fused-ring (bicyclic) bond motifs is 3. The highest BCUT2D eigenvalue weighted by Gasteiger charge is 2.40. The van der Waals surface area contributed by atoms with Gasteiger partial charge in [0.15, 0.2) is 5.78 Å². The number of nitrogens with zero attached hydrogens (tertiary/aromatic N) is 1. The van der Waals surface area contributed by atoms with Gasteiger partial charge in [0.05, 0.1) is 18.1 Å². The number of Topliss-reactive ketones (excluding diaryl/α,β-unsaturated/α-hetero) is 1. The van der Waals surface area contributed by atoms with E-state index in [0.29, 0.717) is 6.42 Å². The van der Waals surface area contributed by atoms with Gasteiger partial charge in [0, 0.05) is 23.0 Å². The molecule has 0 bridgehead atoms. The number of amides is 1. The highest BCUT2D eigenvalue weighted by molar-refractivity contribution is 5.93. The molecule has 0 saturated carbocycles. The summed E-state index contributed by atoms with van der Waals surface area (Å²) in [5, 5.41) is 4.13. The van der Waals surface area contributed by atoms with Crippen LogP contribution in [0.25, 0.3) is 10.9 Å². The maximum atomic E-state index is 12.8.